The molecule has 1 N–H and O–H groups in total. The fourth-order valence-corrected chi connectivity index (χ4v) is 4.17. The molecule has 0 spiro atoms. The Morgan fingerprint density at radius 3 is 2.72 bits per heavy atom. The first-order valence-electron chi connectivity index (χ1n) is 5.53. The fourth-order valence-electron chi connectivity index (χ4n) is 1.78. The van der Waals surface area contributed by atoms with Gasteiger partial charge in [0.15, 0.2) is 0 Å². The molecule has 1 aromatic carbocycles. The third-order valence-electron chi connectivity index (χ3n) is 2.68. The molecule has 1 fully saturated rings. The first-order valence-corrected chi connectivity index (χ1v) is 7.76. The number of amides is 1. The van der Waals surface area contributed by atoms with E-state index < -0.39 is 10.0 Å². The quantitative estimate of drug-likeness (QED) is 0.877. The van der Waals surface area contributed by atoms with Crippen LogP contribution in [0.25, 0.3) is 0 Å². The van der Waals surface area contributed by atoms with Crippen molar-refractivity contribution in [3.05, 3.63) is 28.7 Å². The standard InChI is InChI=1S/C11H13BrN2O3S/c12-9-4-1-2-5-10(9)18(16,17)14-7-3-6-13-11(15)8-14/h1-2,4-5H,3,6-8H2,(H,13,15). The van der Waals surface area contributed by atoms with Crippen molar-refractivity contribution in [2.24, 2.45) is 0 Å². The van der Waals surface area contributed by atoms with Crippen LogP contribution < -0.4 is 5.32 Å². The second-order valence-corrected chi connectivity index (χ2v) is 6.73. The Morgan fingerprint density at radius 1 is 1.28 bits per heavy atom. The summed E-state index contributed by atoms with van der Waals surface area (Å²) < 4.78 is 26.6. The molecule has 1 saturated heterocycles. The molecule has 1 aliphatic heterocycles. The van der Waals surface area contributed by atoms with Crippen LogP contribution in [0.4, 0.5) is 0 Å². The molecule has 0 radical (unpaired) electrons. The van der Waals surface area contributed by atoms with E-state index in [0.717, 1.165) is 0 Å². The fraction of sp³-hybridized carbons (Fsp3) is 0.364. The summed E-state index contributed by atoms with van der Waals surface area (Å²) in [5.74, 6) is -0.261. The summed E-state index contributed by atoms with van der Waals surface area (Å²) in [4.78, 5) is 11.6. The average molecular weight is 333 g/mol. The lowest BCUT2D eigenvalue weighted by molar-refractivity contribution is -0.120. The molecule has 0 unspecified atom stereocenters. The Labute approximate surface area is 114 Å². The summed E-state index contributed by atoms with van der Waals surface area (Å²) >= 11 is 3.23. The van der Waals surface area contributed by atoms with E-state index in [1.54, 1.807) is 18.2 Å². The number of benzene rings is 1. The van der Waals surface area contributed by atoms with Crippen molar-refractivity contribution in [2.45, 2.75) is 11.3 Å². The van der Waals surface area contributed by atoms with Crippen LogP contribution in [-0.2, 0) is 14.8 Å². The monoisotopic (exact) mass is 332 g/mol. The van der Waals surface area contributed by atoms with E-state index >= 15 is 0 Å². The number of nitrogens with zero attached hydrogens (tertiary/aromatic N) is 1. The van der Waals surface area contributed by atoms with Gasteiger partial charge in [-0.15, -0.1) is 0 Å². The van der Waals surface area contributed by atoms with E-state index in [-0.39, 0.29) is 17.3 Å². The van der Waals surface area contributed by atoms with Gasteiger partial charge in [-0.05, 0) is 34.5 Å². The molecule has 0 saturated carbocycles. The molecule has 2 rings (SSSR count). The van der Waals surface area contributed by atoms with Crippen molar-refractivity contribution < 1.29 is 13.2 Å². The zero-order chi connectivity index (χ0) is 13.2. The number of halogens is 1. The minimum Gasteiger partial charge on any atom is -0.355 e. The highest BCUT2D eigenvalue weighted by Crippen LogP contribution is 2.24. The molecule has 0 aliphatic carbocycles. The number of carbonyl (C=O) groups excluding carboxylic acids is 1. The molecule has 5 nitrogen and oxygen atoms in total. The summed E-state index contributed by atoms with van der Waals surface area (Å²) in [5, 5.41) is 2.66. The molecule has 98 valence electrons. The average Bonchev–Trinajstić information content (AvgIpc) is 2.54. The van der Waals surface area contributed by atoms with Crippen LogP contribution in [0.2, 0.25) is 0 Å². The zero-order valence-corrected chi connectivity index (χ0v) is 12.0. The van der Waals surface area contributed by atoms with Crippen molar-refractivity contribution in [2.75, 3.05) is 19.6 Å². The minimum atomic E-state index is -3.62. The van der Waals surface area contributed by atoms with E-state index in [4.69, 9.17) is 0 Å². The van der Waals surface area contributed by atoms with Crippen LogP contribution in [0, 0.1) is 0 Å². The molecule has 1 aliphatic rings. The largest absolute Gasteiger partial charge is 0.355 e. The topological polar surface area (TPSA) is 66.5 Å². The van der Waals surface area contributed by atoms with Gasteiger partial charge < -0.3 is 5.32 Å². The number of rotatable bonds is 2. The number of hydrogen-bond donors (Lipinski definition) is 1. The Hall–Kier alpha value is -0.920. The predicted octanol–water partition coefficient (Wildman–Crippen LogP) is 0.960. The van der Waals surface area contributed by atoms with Gasteiger partial charge in [-0.3, -0.25) is 4.79 Å². The van der Waals surface area contributed by atoms with Crippen LogP contribution in [-0.4, -0.2) is 38.3 Å². The summed E-state index contributed by atoms with van der Waals surface area (Å²) in [6.45, 7) is 0.743. The van der Waals surface area contributed by atoms with Crippen LogP contribution in [0.1, 0.15) is 6.42 Å². The molecule has 1 heterocycles. The van der Waals surface area contributed by atoms with E-state index in [2.05, 4.69) is 21.2 Å². The lowest BCUT2D eigenvalue weighted by atomic mass is 10.4. The number of carbonyl (C=O) groups is 1. The zero-order valence-electron chi connectivity index (χ0n) is 9.60. The van der Waals surface area contributed by atoms with Gasteiger partial charge in [0.1, 0.15) is 0 Å². The maximum absolute atomic E-state index is 12.4. The number of nitrogens with one attached hydrogen (secondary N) is 1. The van der Waals surface area contributed by atoms with Crippen molar-refractivity contribution in [1.82, 2.24) is 9.62 Å². The van der Waals surface area contributed by atoms with E-state index in [9.17, 15) is 13.2 Å². The van der Waals surface area contributed by atoms with Gasteiger partial charge in [-0.2, -0.15) is 4.31 Å². The molecule has 1 amide bonds. The molecule has 7 heteroatoms. The highest BCUT2D eigenvalue weighted by Gasteiger charge is 2.29. The van der Waals surface area contributed by atoms with Crippen molar-refractivity contribution in [3.63, 3.8) is 0 Å². The van der Waals surface area contributed by atoms with Gasteiger partial charge in [-0.1, -0.05) is 12.1 Å². The predicted molar refractivity (Wildman–Crippen MR) is 70.5 cm³/mol. The second-order valence-electron chi connectivity index (χ2n) is 3.97. The van der Waals surface area contributed by atoms with Gasteiger partial charge in [0.05, 0.1) is 11.4 Å². The SMILES string of the molecule is O=C1CN(S(=O)(=O)c2ccccc2Br)CCCN1. The molecule has 0 bridgehead atoms. The highest BCUT2D eigenvalue weighted by atomic mass is 79.9. The molecule has 18 heavy (non-hydrogen) atoms. The van der Waals surface area contributed by atoms with Crippen molar-refractivity contribution >= 4 is 31.9 Å². The summed E-state index contributed by atoms with van der Waals surface area (Å²) in [6, 6.07) is 6.61. The first kappa shape index (κ1) is 13.5. The van der Waals surface area contributed by atoms with Gasteiger partial charge in [0.25, 0.3) is 0 Å². The molecular formula is C11H13BrN2O3S. The lowest BCUT2D eigenvalue weighted by Crippen LogP contribution is -2.37. The molecular weight excluding hydrogens is 320 g/mol. The first-order chi connectivity index (χ1) is 8.51. The Morgan fingerprint density at radius 2 is 2.00 bits per heavy atom. The van der Waals surface area contributed by atoms with E-state index in [1.165, 1.54) is 10.4 Å². The molecule has 1 aromatic rings. The number of sulfonamides is 1. The Kier molecular flexibility index (Phi) is 4.04. The summed E-state index contributed by atoms with van der Waals surface area (Å²) in [6.07, 6.45) is 0.620. The third kappa shape index (κ3) is 2.73. The molecule has 0 aromatic heterocycles. The van der Waals surface area contributed by atoms with Gasteiger partial charge in [0.2, 0.25) is 15.9 Å². The highest BCUT2D eigenvalue weighted by molar-refractivity contribution is 9.10. The third-order valence-corrected chi connectivity index (χ3v) is 5.54. The normalized spacial score (nSPS) is 18.2. The van der Waals surface area contributed by atoms with Gasteiger partial charge >= 0.3 is 0 Å². The summed E-state index contributed by atoms with van der Waals surface area (Å²) in [7, 11) is -3.62. The Balaban J connectivity index is 2.36. The van der Waals surface area contributed by atoms with Crippen LogP contribution >= 0.6 is 15.9 Å². The van der Waals surface area contributed by atoms with Crippen molar-refractivity contribution in [3.8, 4) is 0 Å². The van der Waals surface area contributed by atoms with Crippen LogP contribution in [0.5, 0.6) is 0 Å². The smallest absolute Gasteiger partial charge is 0.244 e. The second kappa shape index (κ2) is 5.38. The molecule has 0 atom stereocenters. The number of hydrogen-bond acceptors (Lipinski definition) is 3. The van der Waals surface area contributed by atoms with Gasteiger partial charge in [-0.25, -0.2) is 8.42 Å². The maximum Gasteiger partial charge on any atom is 0.244 e. The van der Waals surface area contributed by atoms with Crippen LogP contribution in [0.3, 0.4) is 0 Å². The maximum atomic E-state index is 12.4. The van der Waals surface area contributed by atoms with E-state index in [1.807, 2.05) is 0 Å². The lowest BCUT2D eigenvalue weighted by Gasteiger charge is -2.19. The van der Waals surface area contributed by atoms with Crippen molar-refractivity contribution in [1.29, 1.82) is 0 Å². The van der Waals surface area contributed by atoms with E-state index in [0.29, 0.717) is 24.0 Å². The minimum absolute atomic E-state index is 0.121. The van der Waals surface area contributed by atoms with Crippen LogP contribution in [0.15, 0.2) is 33.6 Å². The summed E-state index contributed by atoms with van der Waals surface area (Å²) in [5.41, 5.74) is 0. The van der Waals surface area contributed by atoms with Gasteiger partial charge in [0, 0.05) is 17.6 Å². The Bertz CT molecular complexity index is 559.